The van der Waals surface area contributed by atoms with Gasteiger partial charge in [0.2, 0.25) is 11.8 Å². The number of hydrogen-bond donors (Lipinski definition) is 0. The van der Waals surface area contributed by atoms with E-state index in [1.54, 1.807) is 6.26 Å². The topological polar surface area (TPSA) is 62.9 Å². The third-order valence-electron chi connectivity index (χ3n) is 5.88. The normalized spacial score (nSPS) is 24.6. The highest BCUT2D eigenvalue weighted by molar-refractivity contribution is 8.15. The number of carbonyl (C=O) groups is 2. The molecule has 2 amide bonds. The predicted molar refractivity (Wildman–Crippen MR) is 123 cm³/mol. The maximum absolute atomic E-state index is 13.5. The van der Waals surface area contributed by atoms with Crippen molar-refractivity contribution in [1.82, 2.24) is 0 Å². The van der Waals surface area contributed by atoms with E-state index < -0.39 is 11.2 Å². The van der Waals surface area contributed by atoms with Crippen LogP contribution in [0.4, 0.5) is 11.4 Å². The summed E-state index contributed by atoms with van der Waals surface area (Å²) in [5, 5.41) is 0.334. The average molecular weight is 431 g/mol. The van der Waals surface area contributed by atoms with Crippen molar-refractivity contribution in [3.8, 4) is 0 Å². The molecule has 1 aromatic heterocycles. The summed E-state index contributed by atoms with van der Waals surface area (Å²) in [4.78, 5) is 33.0. The Kier molecular flexibility index (Phi) is 5.02. The second kappa shape index (κ2) is 7.85. The molecule has 5 rings (SSSR count). The fraction of sp³-hybridized carbons (Fsp3) is 0.240. The van der Waals surface area contributed by atoms with Gasteiger partial charge in [-0.2, -0.15) is 0 Å². The lowest BCUT2D eigenvalue weighted by atomic mass is 9.85. The van der Waals surface area contributed by atoms with Crippen LogP contribution < -0.4 is 4.90 Å². The molecule has 3 aromatic rings. The molecule has 0 bridgehead atoms. The third-order valence-corrected chi connectivity index (χ3v) is 7.15. The molecule has 3 atom stereocenters. The van der Waals surface area contributed by atoms with Crippen molar-refractivity contribution >= 4 is 40.0 Å². The number of anilines is 1. The monoisotopic (exact) mass is 430 g/mol. The van der Waals surface area contributed by atoms with Crippen molar-refractivity contribution in [3.05, 3.63) is 83.8 Å². The largest absolute Gasteiger partial charge is 0.469 e. The number of hydrogen-bond acceptors (Lipinski definition) is 5. The minimum absolute atomic E-state index is 0.165. The van der Waals surface area contributed by atoms with E-state index in [4.69, 9.17) is 9.41 Å². The molecular formula is C25H22N2O3S. The fourth-order valence-electron chi connectivity index (χ4n) is 4.25. The van der Waals surface area contributed by atoms with E-state index in [0.717, 1.165) is 22.1 Å². The van der Waals surface area contributed by atoms with Crippen LogP contribution in [-0.4, -0.2) is 22.1 Å². The molecule has 0 radical (unpaired) electrons. The molecule has 31 heavy (non-hydrogen) atoms. The zero-order chi connectivity index (χ0) is 21.5. The Labute approximate surface area is 185 Å². The smallest absolute Gasteiger partial charge is 0.248 e. The molecular weight excluding hydrogens is 408 g/mol. The maximum atomic E-state index is 13.5. The highest BCUT2D eigenvalue weighted by atomic mass is 32.2. The van der Waals surface area contributed by atoms with Crippen LogP contribution >= 0.6 is 11.8 Å². The maximum Gasteiger partial charge on any atom is 0.248 e. The van der Waals surface area contributed by atoms with E-state index in [2.05, 4.69) is 0 Å². The molecule has 2 saturated heterocycles. The fourth-order valence-corrected chi connectivity index (χ4v) is 5.63. The van der Waals surface area contributed by atoms with Gasteiger partial charge in [-0.15, -0.1) is 0 Å². The molecule has 2 fully saturated rings. The first kappa shape index (κ1) is 19.8. The number of imide groups is 1. The van der Waals surface area contributed by atoms with E-state index >= 15 is 0 Å². The first-order valence-corrected chi connectivity index (χ1v) is 11.2. The summed E-state index contributed by atoms with van der Waals surface area (Å²) in [5.41, 5.74) is 3.71. The van der Waals surface area contributed by atoms with Gasteiger partial charge in [-0.25, -0.2) is 9.89 Å². The SMILES string of the molecule is Cc1ccc(N=C2CC(c3ccco3)C3C(=O)N(c4ccc(C)cc4)C(=O)C3S2)cc1. The minimum atomic E-state index is -0.512. The number of rotatable bonds is 3. The van der Waals surface area contributed by atoms with Crippen molar-refractivity contribution in [3.63, 3.8) is 0 Å². The standard InChI is InChI=1S/C25H22N2O3S/c1-15-5-9-17(10-6-15)26-21-14-19(20-4-3-13-30-20)22-23(31-21)25(29)27(24(22)28)18-11-7-16(2)8-12-18/h3-13,19,22-23H,14H2,1-2H3. The van der Waals surface area contributed by atoms with Crippen molar-refractivity contribution in [2.75, 3.05) is 4.90 Å². The molecule has 2 aromatic carbocycles. The van der Waals surface area contributed by atoms with Crippen LogP contribution in [0.15, 0.2) is 76.3 Å². The first-order chi connectivity index (χ1) is 15.0. The Hall–Kier alpha value is -3.12. The van der Waals surface area contributed by atoms with Gasteiger partial charge in [0.25, 0.3) is 0 Å². The van der Waals surface area contributed by atoms with Crippen LogP contribution in [0, 0.1) is 19.8 Å². The molecule has 3 heterocycles. The summed E-state index contributed by atoms with van der Waals surface area (Å²) in [5.74, 6) is -0.322. The minimum Gasteiger partial charge on any atom is -0.469 e. The summed E-state index contributed by atoms with van der Waals surface area (Å²) in [7, 11) is 0. The van der Waals surface area contributed by atoms with Crippen molar-refractivity contribution in [2.45, 2.75) is 31.4 Å². The van der Waals surface area contributed by atoms with Gasteiger partial charge in [-0.05, 0) is 50.2 Å². The summed E-state index contributed by atoms with van der Waals surface area (Å²) in [6.07, 6.45) is 2.18. The van der Waals surface area contributed by atoms with Crippen molar-refractivity contribution in [2.24, 2.45) is 10.9 Å². The molecule has 5 nitrogen and oxygen atoms in total. The Balaban J connectivity index is 1.53. The number of thioether (sulfide) groups is 1. The van der Waals surface area contributed by atoms with Crippen LogP contribution in [0.5, 0.6) is 0 Å². The van der Waals surface area contributed by atoms with Crippen LogP contribution in [0.3, 0.4) is 0 Å². The summed E-state index contributed by atoms with van der Waals surface area (Å²) < 4.78 is 5.69. The molecule has 0 N–H and O–H groups in total. The van der Waals surface area contributed by atoms with E-state index in [1.807, 2.05) is 74.5 Å². The molecule has 6 heteroatoms. The van der Waals surface area contributed by atoms with Crippen LogP contribution in [-0.2, 0) is 9.59 Å². The first-order valence-electron chi connectivity index (χ1n) is 10.3. The molecule has 2 aliphatic heterocycles. The van der Waals surface area contributed by atoms with Gasteiger partial charge in [0, 0.05) is 12.3 Å². The van der Waals surface area contributed by atoms with Gasteiger partial charge in [0.15, 0.2) is 0 Å². The van der Waals surface area contributed by atoms with E-state index in [0.29, 0.717) is 12.1 Å². The molecule has 0 aliphatic carbocycles. The van der Waals surface area contributed by atoms with E-state index in [9.17, 15) is 9.59 Å². The highest BCUT2D eigenvalue weighted by Gasteiger charge is 2.55. The third kappa shape index (κ3) is 3.61. The number of nitrogens with zero attached hydrogens (tertiary/aromatic N) is 2. The second-order valence-electron chi connectivity index (χ2n) is 8.08. The molecule has 2 aliphatic rings. The van der Waals surface area contributed by atoms with E-state index in [1.165, 1.54) is 22.2 Å². The van der Waals surface area contributed by atoms with Gasteiger partial charge in [0.05, 0.1) is 28.6 Å². The number of aryl methyl sites for hydroxylation is 2. The van der Waals surface area contributed by atoms with Crippen LogP contribution in [0.25, 0.3) is 0 Å². The number of aliphatic imine (C=N–C) groups is 1. The molecule has 3 unspecified atom stereocenters. The molecule has 156 valence electrons. The summed E-state index contributed by atoms with van der Waals surface area (Å²) in [6, 6.07) is 19.2. The Morgan fingerprint density at radius 2 is 1.61 bits per heavy atom. The predicted octanol–water partition coefficient (Wildman–Crippen LogP) is 5.41. The summed E-state index contributed by atoms with van der Waals surface area (Å²) >= 11 is 1.41. The van der Waals surface area contributed by atoms with Crippen LogP contribution in [0.2, 0.25) is 0 Å². The quantitative estimate of drug-likeness (QED) is 0.522. The van der Waals surface area contributed by atoms with Gasteiger partial charge in [-0.1, -0.05) is 47.2 Å². The number of fused-ring (bicyclic) bond motifs is 1. The van der Waals surface area contributed by atoms with Gasteiger partial charge >= 0.3 is 0 Å². The lowest BCUT2D eigenvalue weighted by molar-refractivity contribution is -0.122. The zero-order valence-electron chi connectivity index (χ0n) is 17.3. The van der Waals surface area contributed by atoms with Gasteiger partial charge in [-0.3, -0.25) is 9.59 Å². The van der Waals surface area contributed by atoms with Crippen LogP contribution in [0.1, 0.15) is 29.2 Å². The molecule has 0 spiro atoms. The number of carbonyl (C=O) groups excluding carboxylic acids is 2. The Morgan fingerprint density at radius 3 is 2.26 bits per heavy atom. The molecule has 0 saturated carbocycles. The average Bonchev–Trinajstić information content (AvgIpc) is 3.38. The van der Waals surface area contributed by atoms with Crippen molar-refractivity contribution in [1.29, 1.82) is 0 Å². The number of benzene rings is 2. The number of furan rings is 1. The lowest BCUT2D eigenvalue weighted by Gasteiger charge is -2.29. The van der Waals surface area contributed by atoms with Gasteiger partial charge < -0.3 is 4.42 Å². The van der Waals surface area contributed by atoms with Gasteiger partial charge in [0.1, 0.15) is 11.0 Å². The second-order valence-corrected chi connectivity index (χ2v) is 9.29. The van der Waals surface area contributed by atoms with E-state index in [-0.39, 0.29) is 17.7 Å². The lowest BCUT2D eigenvalue weighted by Crippen LogP contribution is -2.33. The Morgan fingerprint density at radius 1 is 0.935 bits per heavy atom. The Bertz CT molecular complexity index is 1150. The zero-order valence-corrected chi connectivity index (χ0v) is 18.1. The van der Waals surface area contributed by atoms with Crippen molar-refractivity contribution < 1.29 is 14.0 Å². The summed E-state index contributed by atoms with van der Waals surface area (Å²) in [6.45, 7) is 4.01. The number of amides is 2. The highest BCUT2D eigenvalue weighted by Crippen LogP contribution is 2.49.